The second-order valence-corrected chi connectivity index (χ2v) is 4.97. The van der Waals surface area contributed by atoms with Gasteiger partial charge in [-0.15, -0.1) is 0 Å². The zero-order valence-corrected chi connectivity index (χ0v) is 11.7. The van der Waals surface area contributed by atoms with Crippen molar-refractivity contribution in [1.82, 2.24) is 0 Å². The lowest BCUT2D eigenvalue weighted by atomic mass is 10.2. The van der Waals surface area contributed by atoms with Gasteiger partial charge in [0.05, 0.1) is 0 Å². The van der Waals surface area contributed by atoms with Crippen molar-refractivity contribution in [2.75, 3.05) is 0 Å². The number of rotatable bonds is 3. The molecule has 0 radical (unpaired) electrons. The van der Waals surface area contributed by atoms with E-state index < -0.39 is 11.8 Å². The summed E-state index contributed by atoms with van der Waals surface area (Å²) in [5.74, 6) is -1.87. The second kappa shape index (κ2) is 5.59. The van der Waals surface area contributed by atoms with Crippen molar-refractivity contribution in [2.24, 2.45) is 0 Å². The highest BCUT2D eigenvalue weighted by molar-refractivity contribution is 9.10. The van der Waals surface area contributed by atoms with Crippen molar-refractivity contribution in [1.29, 1.82) is 0 Å². The number of hydrogen-bond acceptors (Lipinski definition) is 2. The van der Waals surface area contributed by atoms with Crippen LogP contribution in [0, 0.1) is 5.82 Å². The maximum Gasteiger partial charge on any atom is 0.339 e. The van der Waals surface area contributed by atoms with Crippen molar-refractivity contribution in [3.63, 3.8) is 0 Å². The predicted octanol–water partition coefficient (Wildman–Crippen LogP) is 4.73. The number of aromatic carboxylic acids is 1. The lowest BCUT2D eigenvalue weighted by Crippen LogP contribution is -2.00. The smallest absolute Gasteiger partial charge is 0.339 e. The summed E-state index contributed by atoms with van der Waals surface area (Å²) >= 11 is 8.90. The van der Waals surface area contributed by atoms with Gasteiger partial charge in [0.1, 0.15) is 11.3 Å². The number of ether oxygens (including phenoxy) is 1. The second-order valence-electron chi connectivity index (χ2n) is 3.62. The van der Waals surface area contributed by atoms with Crippen LogP contribution in [-0.2, 0) is 0 Å². The molecular formula is C13H7BrClFO3. The van der Waals surface area contributed by atoms with Crippen LogP contribution in [0.4, 0.5) is 4.39 Å². The third-order valence-electron chi connectivity index (χ3n) is 2.29. The molecule has 2 aromatic carbocycles. The molecule has 2 aromatic rings. The van der Waals surface area contributed by atoms with Gasteiger partial charge in [-0.3, -0.25) is 0 Å². The molecule has 1 N–H and O–H groups in total. The van der Waals surface area contributed by atoms with Crippen molar-refractivity contribution in [2.45, 2.75) is 0 Å². The highest BCUT2D eigenvalue weighted by Gasteiger charge is 2.14. The Balaban J connectivity index is 2.42. The standard InChI is InChI=1S/C13H7BrClFO3/c14-7-1-4-11(10(16)5-7)19-12-6-8(15)2-3-9(12)13(17)18/h1-6H,(H,17,18). The van der Waals surface area contributed by atoms with E-state index in [2.05, 4.69) is 15.9 Å². The van der Waals surface area contributed by atoms with Crippen molar-refractivity contribution >= 4 is 33.5 Å². The zero-order valence-electron chi connectivity index (χ0n) is 9.36. The number of carbonyl (C=O) groups is 1. The Labute approximate surface area is 121 Å². The lowest BCUT2D eigenvalue weighted by molar-refractivity contribution is 0.0694. The van der Waals surface area contributed by atoms with Crippen LogP contribution in [0.5, 0.6) is 11.5 Å². The molecule has 2 rings (SSSR count). The number of benzene rings is 2. The summed E-state index contributed by atoms with van der Waals surface area (Å²) in [5, 5.41) is 9.33. The quantitative estimate of drug-likeness (QED) is 0.874. The van der Waals surface area contributed by atoms with E-state index in [1.165, 1.54) is 30.3 Å². The van der Waals surface area contributed by atoms with E-state index in [-0.39, 0.29) is 17.1 Å². The maximum absolute atomic E-state index is 13.6. The van der Waals surface area contributed by atoms with Gasteiger partial charge in [-0.2, -0.15) is 0 Å². The molecule has 0 atom stereocenters. The Bertz CT molecular complexity index is 646. The van der Waals surface area contributed by atoms with Crippen LogP contribution in [-0.4, -0.2) is 11.1 Å². The highest BCUT2D eigenvalue weighted by atomic mass is 79.9. The predicted molar refractivity (Wildman–Crippen MR) is 72.6 cm³/mol. The van der Waals surface area contributed by atoms with Gasteiger partial charge in [0, 0.05) is 15.6 Å². The Morgan fingerprint density at radius 3 is 2.58 bits per heavy atom. The molecule has 0 aliphatic heterocycles. The molecule has 0 heterocycles. The molecule has 0 saturated carbocycles. The molecule has 0 aliphatic rings. The average Bonchev–Trinajstić information content (AvgIpc) is 2.32. The van der Waals surface area contributed by atoms with E-state index in [1.54, 1.807) is 6.07 Å². The molecule has 0 amide bonds. The number of carboxylic acid groups (broad SMARTS) is 1. The summed E-state index contributed by atoms with van der Waals surface area (Å²) in [6.07, 6.45) is 0. The molecule has 0 saturated heterocycles. The molecule has 0 bridgehead atoms. The van der Waals surface area contributed by atoms with E-state index >= 15 is 0 Å². The molecular weight excluding hydrogens is 338 g/mol. The average molecular weight is 346 g/mol. The summed E-state index contributed by atoms with van der Waals surface area (Å²) < 4.78 is 19.5. The Morgan fingerprint density at radius 1 is 1.21 bits per heavy atom. The first kappa shape index (κ1) is 13.8. The van der Waals surface area contributed by atoms with Crippen LogP contribution in [0.25, 0.3) is 0 Å². The first-order chi connectivity index (χ1) is 8.97. The van der Waals surface area contributed by atoms with Gasteiger partial charge in [0.25, 0.3) is 0 Å². The van der Waals surface area contributed by atoms with Crippen LogP contribution in [0.3, 0.4) is 0 Å². The first-order valence-corrected chi connectivity index (χ1v) is 6.30. The Kier molecular flexibility index (Phi) is 4.07. The Hall–Kier alpha value is -1.59. The monoisotopic (exact) mass is 344 g/mol. The largest absolute Gasteiger partial charge is 0.478 e. The lowest BCUT2D eigenvalue weighted by Gasteiger charge is -2.10. The maximum atomic E-state index is 13.6. The number of halogens is 3. The Morgan fingerprint density at radius 2 is 1.95 bits per heavy atom. The first-order valence-electron chi connectivity index (χ1n) is 5.13. The van der Waals surface area contributed by atoms with Crippen LogP contribution in [0.2, 0.25) is 5.02 Å². The minimum Gasteiger partial charge on any atom is -0.478 e. The molecule has 0 aromatic heterocycles. The number of carboxylic acids is 1. The van der Waals surface area contributed by atoms with Crippen LogP contribution >= 0.6 is 27.5 Å². The third kappa shape index (κ3) is 3.24. The van der Waals surface area contributed by atoms with Gasteiger partial charge in [0.2, 0.25) is 0 Å². The SMILES string of the molecule is O=C(O)c1ccc(Cl)cc1Oc1ccc(Br)cc1F. The van der Waals surface area contributed by atoms with Gasteiger partial charge < -0.3 is 9.84 Å². The van der Waals surface area contributed by atoms with Crippen LogP contribution in [0.15, 0.2) is 40.9 Å². The molecule has 0 spiro atoms. The highest BCUT2D eigenvalue weighted by Crippen LogP contribution is 2.31. The van der Waals surface area contributed by atoms with E-state index in [1.807, 2.05) is 0 Å². The van der Waals surface area contributed by atoms with Gasteiger partial charge in [-0.05, 0) is 30.3 Å². The van der Waals surface area contributed by atoms with Crippen LogP contribution < -0.4 is 4.74 Å². The van der Waals surface area contributed by atoms with E-state index in [0.29, 0.717) is 9.50 Å². The molecule has 3 nitrogen and oxygen atoms in total. The molecule has 6 heteroatoms. The van der Waals surface area contributed by atoms with Gasteiger partial charge in [-0.25, -0.2) is 9.18 Å². The summed E-state index contributed by atoms with van der Waals surface area (Å²) in [5.41, 5.74) is -0.0910. The molecule has 0 fully saturated rings. The number of hydrogen-bond donors (Lipinski definition) is 1. The summed E-state index contributed by atoms with van der Waals surface area (Å²) in [7, 11) is 0. The summed E-state index contributed by atoms with van der Waals surface area (Å²) in [4.78, 5) is 11.0. The third-order valence-corrected chi connectivity index (χ3v) is 3.02. The van der Waals surface area contributed by atoms with Crippen molar-refractivity contribution < 1.29 is 19.0 Å². The minimum absolute atomic E-state index is 0.0128. The topological polar surface area (TPSA) is 46.5 Å². The molecule has 0 unspecified atom stereocenters. The van der Waals surface area contributed by atoms with Crippen LogP contribution in [0.1, 0.15) is 10.4 Å². The minimum atomic E-state index is -1.18. The molecule has 0 aliphatic carbocycles. The normalized spacial score (nSPS) is 10.3. The van der Waals surface area contributed by atoms with Crippen molar-refractivity contribution in [3.05, 3.63) is 57.3 Å². The molecule has 19 heavy (non-hydrogen) atoms. The van der Waals surface area contributed by atoms with Gasteiger partial charge in [0.15, 0.2) is 11.6 Å². The zero-order chi connectivity index (χ0) is 14.0. The summed E-state index contributed by atoms with van der Waals surface area (Å²) in [6, 6.07) is 8.26. The van der Waals surface area contributed by atoms with Gasteiger partial charge in [-0.1, -0.05) is 27.5 Å². The van der Waals surface area contributed by atoms with E-state index in [0.717, 1.165) is 0 Å². The fourth-order valence-electron chi connectivity index (χ4n) is 1.43. The van der Waals surface area contributed by atoms with E-state index in [9.17, 15) is 9.18 Å². The van der Waals surface area contributed by atoms with E-state index in [4.69, 9.17) is 21.4 Å². The summed E-state index contributed by atoms with van der Waals surface area (Å²) in [6.45, 7) is 0. The fourth-order valence-corrected chi connectivity index (χ4v) is 1.93. The fraction of sp³-hybridized carbons (Fsp3) is 0. The van der Waals surface area contributed by atoms with Crippen molar-refractivity contribution in [3.8, 4) is 11.5 Å². The molecule has 98 valence electrons. The van der Waals surface area contributed by atoms with Gasteiger partial charge >= 0.3 is 5.97 Å².